The van der Waals surface area contributed by atoms with Crippen LogP contribution in [0.2, 0.25) is 0 Å². The molecule has 122 valence electrons. The maximum Gasteiger partial charge on any atom is 0.227 e. The number of carbonyl (C=O) groups excluding carboxylic acids is 1. The van der Waals surface area contributed by atoms with Crippen LogP contribution in [0, 0.1) is 12.3 Å². The van der Waals surface area contributed by atoms with E-state index in [9.17, 15) is 4.79 Å². The first-order valence-corrected chi connectivity index (χ1v) is 8.20. The van der Waals surface area contributed by atoms with E-state index in [-0.39, 0.29) is 11.3 Å². The van der Waals surface area contributed by atoms with Gasteiger partial charge < -0.3 is 15.5 Å². The van der Waals surface area contributed by atoms with E-state index in [0.29, 0.717) is 6.54 Å². The van der Waals surface area contributed by atoms with Crippen molar-refractivity contribution in [3.8, 4) is 0 Å². The lowest BCUT2D eigenvalue weighted by molar-refractivity contribution is -0.133. The summed E-state index contributed by atoms with van der Waals surface area (Å²) in [7, 11) is 0. The number of likely N-dealkylation sites (tertiary alicyclic amines) is 1. The molecule has 2 rings (SSSR count). The van der Waals surface area contributed by atoms with Crippen molar-refractivity contribution >= 4 is 11.6 Å². The molecule has 1 saturated heterocycles. The molecule has 1 amide bonds. The molecule has 2 N–H and O–H groups in total. The third kappa shape index (κ3) is 4.19. The molecule has 1 aliphatic rings. The van der Waals surface area contributed by atoms with Crippen molar-refractivity contribution in [2.75, 3.05) is 38.0 Å². The fourth-order valence-corrected chi connectivity index (χ4v) is 3.06. The Morgan fingerprint density at radius 1 is 1.45 bits per heavy atom. The number of pyridine rings is 1. The molecule has 0 unspecified atom stereocenters. The Bertz CT molecular complexity index is 505. The number of aryl methyl sites for hydroxylation is 1. The Kier molecular flexibility index (Phi) is 5.77. The standard InChI is InChI=1S/C17H28N4O/c1-4-21-11-5-7-17(3,13-21)16(22)20-10-9-19-15-6-8-18-12-14(15)2/h6,8,12H,4-5,7,9-11,13H2,1-3H3,(H,18,19)(H,20,22)/t17-/m0/s1. The van der Waals surface area contributed by atoms with Crippen LogP contribution in [0.25, 0.3) is 0 Å². The van der Waals surface area contributed by atoms with Gasteiger partial charge in [0.1, 0.15) is 0 Å². The second-order valence-corrected chi connectivity index (χ2v) is 6.41. The first-order chi connectivity index (χ1) is 10.5. The second kappa shape index (κ2) is 7.58. The van der Waals surface area contributed by atoms with Crippen LogP contribution >= 0.6 is 0 Å². The monoisotopic (exact) mass is 304 g/mol. The molecule has 5 nitrogen and oxygen atoms in total. The summed E-state index contributed by atoms with van der Waals surface area (Å²) in [5.41, 5.74) is 1.94. The minimum absolute atomic E-state index is 0.180. The lowest BCUT2D eigenvalue weighted by atomic mass is 9.81. The summed E-state index contributed by atoms with van der Waals surface area (Å²) in [6.07, 6.45) is 5.69. The van der Waals surface area contributed by atoms with Gasteiger partial charge >= 0.3 is 0 Å². The quantitative estimate of drug-likeness (QED) is 0.790. The third-order valence-corrected chi connectivity index (χ3v) is 4.52. The van der Waals surface area contributed by atoms with Gasteiger partial charge in [-0.25, -0.2) is 0 Å². The van der Waals surface area contributed by atoms with Crippen LogP contribution in [-0.2, 0) is 4.79 Å². The van der Waals surface area contributed by atoms with E-state index in [4.69, 9.17) is 0 Å². The smallest absolute Gasteiger partial charge is 0.227 e. The molecule has 0 radical (unpaired) electrons. The van der Waals surface area contributed by atoms with Crippen LogP contribution < -0.4 is 10.6 Å². The number of carbonyl (C=O) groups is 1. The van der Waals surface area contributed by atoms with E-state index >= 15 is 0 Å². The zero-order valence-electron chi connectivity index (χ0n) is 14.0. The van der Waals surface area contributed by atoms with Gasteiger partial charge in [-0.2, -0.15) is 0 Å². The van der Waals surface area contributed by atoms with Crippen LogP contribution in [0.5, 0.6) is 0 Å². The van der Waals surface area contributed by atoms with Crippen molar-refractivity contribution in [1.82, 2.24) is 15.2 Å². The number of hydrogen-bond acceptors (Lipinski definition) is 4. The highest BCUT2D eigenvalue weighted by atomic mass is 16.2. The molecule has 1 aromatic heterocycles. The Balaban J connectivity index is 1.76. The predicted octanol–water partition coefficient (Wildman–Crippen LogP) is 2.04. The number of piperidine rings is 1. The van der Waals surface area contributed by atoms with E-state index in [0.717, 1.165) is 50.3 Å². The molecule has 1 atom stereocenters. The molecular weight excluding hydrogens is 276 g/mol. The van der Waals surface area contributed by atoms with Crippen molar-refractivity contribution in [2.24, 2.45) is 5.41 Å². The summed E-state index contributed by atoms with van der Waals surface area (Å²) >= 11 is 0. The summed E-state index contributed by atoms with van der Waals surface area (Å²) < 4.78 is 0. The van der Waals surface area contributed by atoms with E-state index < -0.39 is 0 Å². The van der Waals surface area contributed by atoms with Crippen LogP contribution in [0.15, 0.2) is 18.5 Å². The molecule has 1 aliphatic heterocycles. The highest BCUT2D eigenvalue weighted by Gasteiger charge is 2.36. The van der Waals surface area contributed by atoms with Crippen LogP contribution in [0.3, 0.4) is 0 Å². The highest BCUT2D eigenvalue weighted by Crippen LogP contribution is 2.29. The van der Waals surface area contributed by atoms with Crippen molar-refractivity contribution < 1.29 is 4.79 Å². The van der Waals surface area contributed by atoms with Crippen LogP contribution in [0.4, 0.5) is 5.69 Å². The maximum absolute atomic E-state index is 12.5. The number of rotatable bonds is 6. The third-order valence-electron chi connectivity index (χ3n) is 4.52. The molecule has 0 saturated carbocycles. The number of amides is 1. The number of anilines is 1. The van der Waals surface area contributed by atoms with Crippen molar-refractivity contribution in [1.29, 1.82) is 0 Å². The molecule has 0 aromatic carbocycles. The summed E-state index contributed by atoms with van der Waals surface area (Å²) in [6.45, 7) is 10.6. The number of nitrogens with zero attached hydrogens (tertiary/aromatic N) is 2. The largest absolute Gasteiger partial charge is 0.383 e. The zero-order valence-corrected chi connectivity index (χ0v) is 14.0. The molecule has 5 heteroatoms. The van der Waals surface area contributed by atoms with E-state index in [1.165, 1.54) is 0 Å². The van der Waals surface area contributed by atoms with Gasteiger partial charge in [-0.1, -0.05) is 6.92 Å². The molecule has 0 aliphatic carbocycles. The second-order valence-electron chi connectivity index (χ2n) is 6.41. The molecule has 0 spiro atoms. The van der Waals surface area contributed by atoms with Gasteiger partial charge in [0.05, 0.1) is 5.41 Å². The van der Waals surface area contributed by atoms with Gasteiger partial charge in [-0.05, 0) is 51.4 Å². The van der Waals surface area contributed by atoms with E-state index in [1.807, 2.05) is 19.2 Å². The fourth-order valence-electron chi connectivity index (χ4n) is 3.06. The Morgan fingerprint density at radius 2 is 2.27 bits per heavy atom. The number of nitrogens with one attached hydrogen (secondary N) is 2. The zero-order chi connectivity index (χ0) is 16.0. The van der Waals surface area contributed by atoms with Gasteiger partial charge in [0.15, 0.2) is 0 Å². The summed E-state index contributed by atoms with van der Waals surface area (Å²) in [5.74, 6) is 0.180. The predicted molar refractivity (Wildman–Crippen MR) is 89.9 cm³/mol. The van der Waals surface area contributed by atoms with E-state index in [2.05, 4.69) is 34.4 Å². The minimum Gasteiger partial charge on any atom is -0.383 e. The highest BCUT2D eigenvalue weighted by molar-refractivity contribution is 5.82. The maximum atomic E-state index is 12.5. The minimum atomic E-state index is -0.249. The van der Waals surface area contributed by atoms with Gasteiger partial charge in [0.25, 0.3) is 0 Å². The molecule has 22 heavy (non-hydrogen) atoms. The first kappa shape index (κ1) is 16.7. The SMILES string of the molecule is CCN1CCC[C@](C)(C(=O)NCCNc2ccncc2C)C1. The Hall–Kier alpha value is -1.62. The number of aromatic nitrogens is 1. The molecule has 2 heterocycles. The van der Waals surface area contributed by atoms with Gasteiger partial charge in [-0.15, -0.1) is 0 Å². The van der Waals surface area contributed by atoms with Crippen LogP contribution in [-0.4, -0.2) is 48.5 Å². The first-order valence-electron chi connectivity index (χ1n) is 8.20. The lowest BCUT2D eigenvalue weighted by Crippen LogP contribution is -2.50. The lowest BCUT2D eigenvalue weighted by Gasteiger charge is -2.38. The van der Waals surface area contributed by atoms with E-state index in [1.54, 1.807) is 6.20 Å². The van der Waals surface area contributed by atoms with Gasteiger partial charge in [-0.3, -0.25) is 9.78 Å². The fraction of sp³-hybridized carbons (Fsp3) is 0.647. The molecular formula is C17H28N4O. The van der Waals surface area contributed by atoms with Crippen molar-refractivity contribution in [3.05, 3.63) is 24.0 Å². The summed E-state index contributed by atoms with van der Waals surface area (Å²) in [5, 5.41) is 6.42. The van der Waals surface area contributed by atoms with Gasteiger partial charge in [0, 0.05) is 37.7 Å². The van der Waals surface area contributed by atoms with Crippen molar-refractivity contribution in [2.45, 2.75) is 33.6 Å². The van der Waals surface area contributed by atoms with Crippen LogP contribution in [0.1, 0.15) is 32.3 Å². The average Bonchev–Trinajstić information content (AvgIpc) is 2.52. The molecule has 1 aromatic rings. The van der Waals surface area contributed by atoms with Gasteiger partial charge in [0.2, 0.25) is 5.91 Å². The summed E-state index contributed by atoms with van der Waals surface area (Å²) in [6, 6.07) is 1.96. The Morgan fingerprint density at radius 3 is 3.00 bits per heavy atom. The summed E-state index contributed by atoms with van der Waals surface area (Å²) in [4.78, 5) is 18.9. The average molecular weight is 304 g/mol. The van der Waals surface area contributed by atoms with Crippen molar-refractivity contribution in [3.63, 3.8) is 0 Å². The topological polar surface area (TPSA) is 57.3 Å². The normalized spacial score (nSPS) is 22.3. The molecule has 0 bridgehead atoms. The Labute approximate surface area is 133 Å². The number of hydrogen-bond donors (Lipinski definition) is 2. The molecule has 1 fully saturated rings.